The molecule has 2 aromatic rings. The third kappa shape index (κ3) is 3.99. The fourth-order valence-corrected chi connectivity index (χ4v) is 6.95. The molecule has 5 heterocycles. The maximum absolute atomic E-state index is 13.1. The quantitative estimate of drug-likeness (QED) is 0.694. The van der Waals surface area contributed by atoms with E-state index >= 15 is 0 Å². The van der Waals surface area contributed by atoms with Crippen molar-refractivity contribution in [1.29, 1.82) is 0 Å². The number of nitrogens with zero attached hydrogens (tertiary/aromatic N) is 4. The van der Waals surface area contributed by atoms with Crippen molar-refractivity contribution in [2.45, 2.75) is 50.1 Å². The predicted octanol–water partition coefficient (Wildman–Crippen LogP) is 2.25. The number of urea groups is 1. The molecular weight excluding hydrogens is 432 g/mol. The zero-order valence-electron chi connectivity index (χ0n) is 18.5. The fraction of sp³-hybridized carbons (Fsp3) is 0.636. The first kappa shape index (κ1) is 21.7. The lowest BCUT2D eigenvalue weighted by molar-refractivity contribution is -0.0597. The van der Waals surface area contributed by atoms with Crippen LogP contribution in [0.2, 0.25) is 0 Å². The molecule has 0 spiro atoms. The van der Waals surface area contributed by atoms with Gasteiger partial charge in [0.05, 0.1) is 18.5 Å². The van der Waals surface area contributed by atoms with Crippen molar-refractivity contribution in [2.75, 3.05) is 39.3 Å². The molecule has 32 heavy (non-hydrogen) atoms. The van der Waals surface area contributed by atoms with Gasteiger partial charge < -0.3 is 19.0 Å². The van der Waals surface area contributed by atoms with Gasteiger partial charge >= 0.3 is 6.03 Å². The molecule has 3 saturated heterocycles. The highest BCUT2D eigenvalue weighted by Crippen LogP contribution is 2.32. The summed E-state index contributed by atoms with van der Waals surface area (Å²) in [5.74, 6) is 0.290. The number of fused-ring (bicyclic) bond motifs is 1. The molecular formula is C22H30N4O5S. The molecule has 2 atom stereocenters. The smallest absolute Gasteiger partial charge is 0.320 e. The van der Waals surface area contributed by atoms with Crippen molar-refractivity contribution in [2.24, 2.45) is 0 Å². The molecule has 0 N–H and O–H groups in total. The molecule has 3 aliphatic rings. The second-order valence-corrected chi connectivity index (χ2v) is 11.5. The first-order valence-electron chi connectivity index (χ1n) is 11.3. The van der Waals surface area contributed by atoms with Gasteiger partial charge in [0.2, 0.25) is 15.7 Å². The number of aromatic nitrogens is 1. The van der Waals surface area contributed by atoms with Crippen molar-refractivity contribution >= 4 is 27.2 Å². The Morgan fingerprint density at radius 3 is 2.41 bits per heavy atom. The Morgan fingerprint density at radius 1 is 1.06 bits per heavy atom. The molecule has 5 rings (SSSR count). The number of sulfonamides is 1. The predicted molar refractivity (Wildman–Crippen MR) is 119 cm³/mol. The van der Waals surface area contributed by atoms with Crippen LogP contribution in [0.5, 0.6) is 0 Å². The monoisotopic (exact) mass is 462 g/mol. The van der Waals surface area contributed by atoms with E-state index in [9.17, 15) is 13.2 Å². The summed E-state index contributed by atoms with van der Waals surface area (Å²) in [4.78, 5) is 20.5. The van der Waals surface area contributed by atoms with Gasteiger partial charge in [0.25, 0.3) is 0 Å². The molecule has 0 bridgehead atoms. The molecule has 0 radical (unpaired) electrons. The Bertz CT molecular complexity index is 1080. The van der Waals surface area contributed by atoms with Crippen LogP contribution >= 0.6 is 0 Å². The molecule has 2 aromatic heterocycles. The normalized spacial score (nSPS) is 26.4. The Balaban J connectivity index is 1.15. The summed E-state index contributed by atoms with van der Waals surface area (Å²) < 4.78 is 38.9. The van der Waals surface area contributed by atoms with Crippen LogP contribution in [0.4, 0.5) is 4.79 Å². The first-order chi connectivity index (χ1) is 15.3. The molecule has 0 unspecified atom stereocenters. The fourth-order valence-electron chi connectivity index (χ4n) is 5.07. The number of carbonyl (C=O) groups excluding carboxylic acids is 1. The number of carbonyl (C=O) groups is 1. The Labute approximate surface area is 188 Å². The number of likely N-dealkylation sites (tertiary alicyclic amines) is 1. The number of hydrogen-bond acceptors (Lipinski definition) is 6. The van der Waals surface area contributed by atoms with E-state index in [1.54, 1.807) is 20.4 Å². The highest BCUT2D eigenvalue weighted by molar-refractivity contribution is 7.89. The Morgan fingerprint density at radius 2 is 1.72 bits per heavy atom. The van der Waals surface area contributed by atoms with Crippen LogP contribution in [-0.2, 0) is 14.8 Å². The van der Waals surface area contributed by atoms with Crippen LogP contribution in [0, 0.1) is 0 Å². The minimum absolute atomic E-state index is 0.00535. The Kier molecular flexibility index (Phi) is 5.63. The van der Waals surface area contributed by atoms with E-state index in [0.717, 1.165) is 23.8 Å². The number of furan rings is 1. The second-order valence-electron chi connectivity index (χ2n) is 9.27. The van der Waals surface area contributed by atoms with E-state index in [4.69, 9.17) is 9.15 Å². The molecule has 0 aliphatic carbocycles. The van der Waals surface area contributed by atoms with Gasteiger partial charge in [0.15, 0.2) is 0 Å². The van der Waals surface area contributed by atoms with Crippen LogP contribution in [-0.4, -0.2) is 90.3 Å². The molecule has 3 fully saturated rings. The SMILES string of the molecule is C[C@@H]1CN(C(=O)N2CC(S(=O)(=O)N3CCC(c4cnc5occc5c4)CC3)C2)C[C@H](C)O1. The Hall–Kier alpha value is -2.17. The highest BCUT2D eigenvalue weighted by atomic mass is 32.2. The van der Waals surface area contributed by atoms with E-state index < -0.39 is 15.3 Å². The molecule has 10 heteroatoms. The van der Waals surface area contributed by atoms with Crippen LogP contribution < -0.4 is 0 Å². The number of hydrogen-bond donors (Lipinski definition) is 0. The van der Waals surface area contributed by atoms with Crippen molar-refractivity contribution < 1.29 is 22.4 Å². The zero-order chi connectivity index (χ0) is 22.5. The molecule has 9 nitrogen and oxygen atoms in total. The number of pyridine rings is 1. The van der Waals surface area contributed by atoms with Gasteiger partial charge in [-0.3, -0.25) is 0 Å². The second kappa shape index (κ2) is 8.31. The van der Waals surface area contributed by atoms with Gasteiger partial charge in [-0.2, -0.15) is 0 Å². The average Bonchev–Trinajstić information content (AvgIpc) is 3.19. The minimum Gasteiger partial charge on any atom is -0.446 e. The van der Waals surface area contributed by atoms with E-state index in [2.05, 4.69) is 11.1 Å². The number of piperidine rings is 1. The summed E-state index contributed by atoms with van der Waals surface area (Å²) in [5, 5.41) is 0.462. The summed E-state index contributed by atoms with van der Waals surface area (Å²) in [6, 6.07) is 3.90. The van der Waals surface area contributed by atoms with Gasteiger partial charge in [0.1, 0.15) is 5.25 Å². The van der Waals surface area contributed by atoms with Crippen molar-refractivity contribution in [1.82, 2.24) is 19.1 Å². The summed E-state index contributed by atoms with van der Waals surface area (Å²) in [7, 11) is -3.41. The maximum atomic E-state index is 13.1. The van der Waals surface area contributed by atoms with Crippen LogP contribution in [0.25, 0.3) is 11.1 Å². The van der Waals surface area contributed by atoms with E-state index in [-0.39, 0.29) is 37.2 Å². The molecule has 0 saturated carbocycles. The van der Waals surface area contributed by atoms with E-state index in [1.807, 2.05) is 26.1 Å². The minimum atomic E-state index is -3.41. The van der Waals surface area contributed by atoms with E-state index in [0.29, 0.717) is 31.9 Å². The average molecular weight is 463 g/mol. The third-order valence-corrected chi connectivity index (χ3v) is 9.07. The van der Waals surface area contributed by atoms with Crippen molar-refractivity contribution in [3.63, 3.8) is 0 Å². The number of amides is 2. The lowest BCUT2D eigenvalue weighted by Crippen LogP contribution is -2.64. The van der Waals surface area contributed by atoms with E-state index in [1.165, 1.54) is 0 Å². The topological polar surface area (TPSA) is 96.2 Å². The summed E-state index contributed by atoms with van der Waals surface area (Å²) in [6.45, 7) is 6.52. The summed E-state index contributed by atoms with van der Waals surface area (Å²) in [5.41, 5.74) is 1.75. The zero-order valence-corrected chi connectivity index (χ0v) is 19.3. The lowest BCUT2D eigenvalue weighted by atomic mass is 9.91. The number of rotatable bonds is 3. The largest absolute Gasteiger partial charge is 0.446 e. The molecule has 2 amide bonds. The maximum Gasteiger partial charge on any atom is 0.320 e. The van der Waals surface area contributed by atoms with Crippen LogP contribution in [0.15, 0.2) is 29.0 Å². The first-order valence-corrected chi connectivity index (χ1v) is 12.8. The van der Waals surface area contributed by atoms with Gasteiger partial charge in [0, 0.05) is 50.9 Å². The molecule has 0 aromatic carbocycles. The summed E-state index contributed by atoms with van der Waals surface area (Å²) in [6.07, 6.45) is 4.99. The standard InChI is InChI=1S/C22H30N4O5S/c1-15-11-24(12-16(2)31-15)22(27)25-13-20(14-25)32(28,29)26-6-3-17(4-7-26)19-9-18-5-8-30-21(18)23-10-19/h5,8-10,15-17,20H,3-4,6-7,11-14H2,1-2H3/t15-,16+. The van der Waals surface area contributed by atoms with Crippen molar-refractivity contribution in [3.05, 3.63) is 30.2 Å². The van der Waals surface area contributed by atoms with Gasteiger partial charge in [-0.15, -0.1) is 0 Å². The lowest BCUT2D eigenvalue weighted by Gasteiger charge is -2.45. The molecule has 174 valence electrons. The van der Waals surface area contributed by atoms with Gasteiger partial charge in [-0.1, -0.05) is 0 Å². The van der Waals surface area contributed by atoms with Crippen LogP contribution in [0.3, 0.4) is 0 Å². The van der Waals surface area contributed by atoms with Gasteiger partial charge in [-0.05, 0) is 50.3 Å². The summed E-state index contributed by atoms with van der Waals surface area (Å²) >= 11 is 0. The van der Waals surface area contributed by atoms with Crippen molar-refractivity contribution in [3.8, 4) is 0 Å². The number of ether oxygens (including phenoxy) is 1. The highest BCUT2D eigenvalue weighted by Gasteiger charge is 2.45. The number of morpholine rings is 1. The van der Waals surface area contributed by atoms with Gasteiger partial charge in [-0.25, -0.2) is 22.5 Å². The van der Waals surface area contributed by atoms with Crippen LogP contribution in [0.1, 0.15) is 38.2 Å². The third-order valence-electron chi connectivity index (χ3n) is 6.84. The molecule has 3 aliphatic heterocycles.